The first-order valence-electron chi connectivity index (χ1n) is 5.51. The van der Waals surface area contributed by atoms with E-state index in [-0.39, 0.29) is 11.1 Å². The summed E-state index contributed by atoms with van der Waals surface area (Å²) in [6, 6.07) is 7.80. The third kappa shape index (κ3) is 3.44. The molecule has 20 heavy (non-hydrogen) atoms. The molecule has 0 spiro atoms. The minimum absolute atomic E-state index is 0.119. The van der Waals surface area contributed by atoms with Crippen LogP contribution in [0.1, 0.15) is 15.9 Å². The van der Waals surface area contributed by atoms with E-state index in [9.17, 15) is 18.0 Å². The number of carbonyl (C=O) groups is 1. The van der Waals surface area contributed by atoms with E-state index >= 15 is 0 Å². The van der Waals surface area contributed by atoms with Crippen molar-refractivity contribution in [2.24, 2.45) is 5.16 Å². The molecule has 3 nitrogen and oxygen atoms in total. The number of halogens is 3. The SMILES string of the molecule is O=C(O/N=C/c1ccc(F)c(F)c1)c1ccc(F)cc1. The van der Waals surface area contributed by atoms with Gasteiger partial charge in [0.2, 0.25) is 0 Å². The molecule has 0 heterocycles. The molecule has 0 radical (unpaired) electrons. The Labute approximate surface area is 112 Å². The monoisotopic (exact) mass is 279 g/mol. The van der Waals surface area contributed by atoms with Crippen LogP contribution < -0.4 is 0 Å². The molecule has 0 N–H and O–H groups in total. The Balaban J connectivity index is 2.00. The van der Waals surface area contributed by atoms with Crippen LogP contribution in [0, 0.1) is 17.5 Å². The summed E-state index contributed by atoms with van der Waals surface area (Å²) in [5, 5.41) is 3.35. The highest BCUT2D eigenvalue weighted by atomic mass is 19.2. The summed E-state index contributed by atoms with van der Waals surface area (Å²) in [6.45, 7) is 0. The normalized spacial score (nSPS) is 10.8. The molecule has 0 saturated heterocycles. The zero-order valence-electron chi connectivity index (χ0n) is 10.0. The lowest BCUT2D eigenvalue weighted by molar-refractivity contribution is 0.0519. The van der Waals surface area contributed by atoms with Crippen LogP contribution in [-0.2, 0) is 4.84 Å². The lowest BCUT2D eigenvalue weighted by Crippen LogP contribution is -2.01. The number of nitrogens with zero attached hydrogens (tertiary/aromatic N) is 1. The molecule has 2 rings (SSSR count). The molecular weight excluding hydrogens is 271 g/mol. The van der Waals surface area contributed by atoms with Gasteiger partial charge in [0.25, 0.3) is 0 Å². The Kier molecular flexibility index (Phi) is 4.14. The van der Waals surface area contributed by atoms with Gasteiger partial charge in [-0.05, 0) is 42.0 Å². The predicted molar refractivity (Wildman–Crippen MR) is 65.8 cm³/mol. The van der Waals surface area contributed by atoms with Crippen molar-refractivity contribution < 1.29 is 22.8 Å². The van der Waals surface area contributed by atoms with Crippen molar-refractivity contribution in [1.29, 1.82) is 0 Å². The highest BCUT2D eigenvalue weighted by molar-refractivity contribution is 5.90. The van der Waals surface area contributed by atoms with Gasteiger partial charge in [0, 0.05) is 0 Å². The van der Waals surface area contributed by atoms with E-state index in [0.717, 1.165) is 30.5 Å². The number of benzene rings is 2. The zero-order chi connectivity index (χ0) is 14.5. The van der Waals surface area contributed by atoms with Crippen LogP contribution in [0.3, 0.4) is 0 Å². The van der Waals surface area contributed by atoms with Crippen LogP contribution in [0.5, 0.6) is 0 Å². The van der Waals surface area contributed by atoms with E-state index in [2.05, 4.69) is 9.99 Å². The van der Waals surface area contributed by atoms with Crippen molar-refractivity contribution >= 4 is 12.2 Å². The van der Waals surface area contributed by atoms with Crippen molar-refractivity contribution in [2.75, 3.05) is 0 Å². The fourth-order valence-electron chi connectivity index (χ4n) is 1.37. The Morgan fingerprint density at radius 3 is 2.35 bits per heavy atom. The maximum atomic E-state index is 12.9. The van der Waals surface area contributed by atoms with E-state index in [1.165, 1.54) is 18.2 Å². The molecule has 0 amide bonds. The summed E-state index contributed by atoms with van der Waals surface area (Å²) in [4.78, 5) is 16.0. The Hall–Kier alpha value is -2.63. The maximum Gasteiger partial charge on any atom is 0.365 e. The first-order chi connectivity index (χ1) is 9.56. The number of hydrogen-bond acceptors (Lipinski definition) is 3. The second-order valence-corrected chi connectivity index (χ2v) is 3.79. The summed E-state index contributed by atoms with van der Waals surface area (Å²) in [5.74, 6) is -3.28. The molecule has 0 aliphatic carbocycles. The average molecular weight is 279 g/mol. The van der Waals surface area contributed by atoms with Gasteiger partial charge in [0.05, 0.1) is 11.8 Å². The van der Waals surface area contributed by atoms with Crippen molar-refractivity contribution in [3.63, 3.8) is 0 Å². The highest BCUT2D eigenvalue weighted by Crippen LogP contribution is 2.08. The van der Waals surface area contributed by atoms with Gasteiger partial charge in [-0.25, -0.2) is 18.0 Å². The van der Waals surface area contributed by atoms with Gasteiger partial charge in [0.15, 0.2) is 11.6 Å². The lowest BCUT2D eigenvalue weighted by atomic mass is 10.2. The van der Waals surface area contributed by atoms with Gasteiger partial charge in [-0.2, -0.15) is 0 Å². The van der Waals surface area contributed by atoms with Crippen LogP contribution in [0.4, 0.5) is 13.2 Å². The number of hydrogen-bond donors (Lipinski definition) is 0. The van der Waals surface area contributed by atoms with Crippen molar-refractivity contribution in [2.45, 2.75) is 0 Å². The zero-order valence-corrected chi connectivity index (χ0v) is 10.0. The third-order valence-corrected chi connectivity index (χ3v) is 2.36. The van der Waals surface area contributed by atoms with Crippen molar-refractivity contribution in [1.82, 2.24) is 0 Å². The topological polar surface area (TPSA) is 38.7 Å². The molecule has 0 aliphatic heterocycles. The molecule has 0 aromatic heterocycles. The molecule has 102 valence electrons. The number of rotatable bonds is 3. The molecule has 0 saturated carbocycles. The molecule has 0 atom stereocenters. The van der Waals surface area contributed by atoms with E-state index in [4.69, 9.17) is 0 Å². The molecule has 0 aliphatic rings. The van der Waals surface area contributed by atoms with Gasteiger partial charge >= 0.3 is 5.97 Å². The second-order valence-electron chi connectivity index (χ2n) is 3.79. The predicted octanol–water partition coefficient (Wildman–Crippen LogP) is 3.29. The van der Waals surface area contributed by atoms with Gasteiger partial charge in [-0.3, -0.25) is 0 Å². The van der Waals surface area contributed by atoms with Crippen LogP contribution in [-0.4, -0.2) is 12.2 Å². The van der Waals surface area contributed by atoms with Gasteiger partial charge in [0.1, 0.15) is 5.82 Å². The molecule has 0 bridgehead atoms. The Bertz CT molecular complexity index is 654. The van der Waals surface area contributed by atoms with Crippen molar-refractivity contribution in [3.8, 4) is 0 Å². The van der Waals surface area contributed by atoms with Crippen LogP contribution in [0.25, 0.3) is 0 Å². The quantitative estimate of drug-likeness (QED) is 0.491. The molecule has 2 aromatic carbocycles. The average Bonchev–Trinajstić information content (AvgIpc) is 2.43. The standard InChI is InChI=1S/C14H8F3NO2/c15-11-4-2-10(3-5-11)14(19)20-18-8-9-1-6-12(16)13(17)7-9/h1-8H/b18-8+. The van der Waals surface area contributed by atoms with Gasteiger partial charge in [-0.15, -0.1) is 0 Å². The summed E-state index contributed by atoms with van der Waals surface area (Å²) < 4.78 is 38.2. The molecule has 0 fully saturated rings. The summed E-state index contributed by atoms with van der Waals surface area (Å²) >= 11 is 0. The summed E-state index contributed by atoms with van der Waals surface area (Å²) in [6.07, 6.45) is 1.06. The first-order valence-corrected chi connectivity index (χ1v) is 5.51. The van der Waals surface area contributed by atoms with Gasteiger partial charge in [-0.1, -0.05) is 11.2 Å². The van der Waals surface area contributed by atoms with Gasteiger partial charge < -0.3 is 4.84 Å². The lowest BCUT2D eigenvalue weighted by Gasteiger charge is -1.98. The fraction of sp³-hybridized carbons (Fsp3) is 0. The molecule has 0 unspecified atom stereocenters. The summed E-state index contributed by atoms with van der Waals surface area (Å²) in [7, 11) is 0. The van der Waals surface area contributed by atoms with Crippen LogP contribution in [0.2, 0.25) is 0 Å². The Morgan fingerprint density at radius 1 is 1.00 bits per heavy atom. The van der Waals surface area contributed by atoms with Crippen molar-refractivity contribution in [3.05, 3.63) is 71.0 Å². The molecule has 6 heteroatoms. The highest BCUT2D eigenvalue weighted by Gasteiger charge is 2.06. The van der Waals surface area contributed by atoms with Crippen LogP contribution >= 0.6 is 0 Å². The van der Waals surface area contributed by atoms with E-state index in [0.29, 0.717) is 0 Å². The maximum absolute atomic E-state index is 12.9. The number of carbonyl (C=O) groups excluding carboxylic acids is 1. The second kappa shape index (κ2) is 6.01. The van der Waals surface area contributed by atoms with E-state index < -0.39 is 23.4 Å². The minimum atomic E-state index is -1.03. The van der Waals surface area contributed by atoms with E-state index in [1.54, 1.807) is 0 Å². The summed E-state index contributed by atoms with van der Waals surface area (Å²) in [5.41, 5.74) is 0.352. The molecule has 2 aromatic rings. The largest absolute Gasteiger partial charge is 0.365 e. The first kappa shape index (κ1) is 13.8. The minimum Gasteiger partial charge on any atom is -0.313 e. The fourth-order valence-corrected chi connectivity index (χ4v) is 1.37. The molecular formula is C14H8F3NO2. The van der Waals surface area contributed by atoms with Crippen LogP contribution in [0.15, 0.2) is 47.6 Å². The van der Waals surface area contributed by atoms with E-state index in [1.807, 2.05) is 0 Å². The number of oxime groups is 1. The Morgan fingerprint density at radius 2 is 1.70 bits per heavy atom. The third-order valence-electron chi connectivity index (χ3n) is 2.36. The smallest absolute Gasteiger partial charge is 0.313 e.